The van der Waals surface area contributed by atoms with E-state index in [0.29, 0.717) is 12.6 Å². The first kappa shape index (κ1) is 15.8. The average Bonchev–Trinajstić information content (AvgIpc) is 2.85. The van der Waals surface area contributed by atoms with E-state index in [9.17, 15) is 4.79 Å². The van der Waals surface area contributed by atoms with Crippen LogP contribution in [0.15, 0.2) is 6.07 Å². The molecule has 112 valence electrons. The highest BCUT2D eigenvalue weighted by atomic mass is 35.5. The van der Waals surface area contributed by atoms with Crippen molar-refractivity contribution in [2.45, 2.75) is 39.0 Å². The predicted octanol–water partition coefficient (Wildman–Crippen LogP) is 2.06. The Morgan fingerprint density at radius 1 is 1.50 bits per heavy atom. The molecule has 3 rings (SSSR count). The second kappa shape index (κ2) is 6.43. The number of carbonyl (C=O) groups is 1. The van der Waals surface area contributed by atoms with E-state index in [2.05, 4.69) is 19.2 Å². The van der Waals surface area contributed by atoms with Crippen molar-refractivity contribution in [3.63, 3.8) is 0 Å². The molecule has 0 spiro atoms. The SMILES string of the molecule is CC1NCCN(C(=O)c2cc3c(s2)CCOC3)C1C.Cl. The Morgan fingerprint density at radius 2 is 2.30 bits per heavy atom. The lowest BCUT2D eigenvalue weighted by atomic mass is 10.1. The third kappa shape index (κ3) is 2.86. The fraction of sp³-hybridized carbons (Fsp3) is 0.643. The third-order valence-corrected chi connectivity index (χ3v) is 5.36. The van der Waals surface area contributed by atoms with E-state index < -0.39 is 0 Å². The minimum atomic E-state index is 0. The van der Waals surface area contributed by atoms with Gasteiger partial charge in [0, 0.05) is 36.5 Å². The van der Waals surface area contributed by atoms with Crippen molar-refractivity contribution in [1.29, 1.82) is 0 Å². The van der Waals surface area contributed by atoms with Gasteiger partial charge < -0.3 is 15.0 Å². The smallest absolute Gasteiger partial charge is 0.264 e. The van der Waals surface area contributed by atoms with Crippen LogP contribution >= 0.6 is 23.7 Å². The molecular weight excluding hydrogens is 296 g/mol. The summed E-state index contributed by atoms with van der Waals surface area (Å²) >= 11 is 1.65. The summed E-state index contributed by atoms with van der Waals surface area (Å²) in [4.78, 5) is 16.8. The summed E-state index contributed by atoms with van der Waals surface area (Å²) < 4.78 is 5.44. The minimum absolute atomic E-state index is 0. The van der Waals surface area contributed by atoms with Crippen molar-refractivity contribution < 1.29 is 9.53 Å². The summed E-state index contributed by atoms with van der Waals surface area (Å²) in [5.74, 6) is 0.181. The summed E-state index contributed by atoms with van der Waals surface area (Å²) in [5.41, 5.74) is 1.20. The first-order valence-corrected chi connectivity index (χ1v) is 7.72. The molecule has 1 amide bonds. The molecule has 0 radical (unpaired) electrons. The molecule has 2 aliphatic heterocycles. The molecule has 4 nitrogen and oxygen atoms in total. The summed E-state index contributed by atoms with van der Waals surface area (Å²) in [6, 6.07) is 2.63. The molecule has 1 saturated heterocycles. The van der Waals surface area contributed by atoms with Gasteiger partial charge in [-0.15, -0.1) is 23.7 Å². The number of fused-ring (bicyclic) bond motifs is 1. The maximum atomic E-state index is 12.6. The molecule has 1 aromatic rings. The number of hydrogen-bond acceptors (Lipinski definition) is 4. The number of rotatable bonds is 1. The average molecular weight is 317 g/mol. The number of amides is 1. The van der Waals surface area contributed by atoms with Crippen molar-refractivity contribution in [1.82, 2.24) is 10.2 Å². The maximum absolute atomic E-state index is 12.6. The van der Waals surface area contributed by atoms with Gasteiger partial charge in [-0.2, -0.15) is 0 Å². The molecule has 0 aromatic carbocycles. The lowest BCUT2D eigenvalue weighted by Gasteiger charge is -2.38. The molecule has 2 aliphatic rings. The van der Waals surface area contributed by atoms with Crippen LogP contribution in [0, 0.1) is 0 Å². The third-order valence-electron chi connectivity index (χ3n) is 4.13. The van der Waals surface area contributed by atoms with Crippen molar-refractivity contribution in [3.05, 3.63) is 21.4 Å². The highest BCUT2D eigenvalue weighted by molar-refractivity contribution is 7.14. The molecule has 2 unspecified atom stereocenters. The van der Waals surface area contributed by atoms with E-state index in [1.807, 2.05) is 11.0 Å². The van der Waals surface area contributed by atoms with Crippen molar-refractivity contribution in [2.75, 3.05) is 19.7 Å². The second-order valence-electron chi connectivity index (χ2n) is 5.34. The molecular formula is C14H21ClN2O2S. The van der Waals surface area contributed by atoms with E-state index in [1.54, 1.807) is 11.3 Å². The molecule has 6 heteroatoms. The zero-order chi connectivity index (χ0) is 13.4. The number of nitrogens with one attached hydrogen (secondary N) is 1. The van der Waals surface area contributed by atoms with E-state index >= 15 is 0 Å². The number of nitrogens with zero attached hydrogens (tertiary/aromatic N) is 1. The van der Waals surface area contributed by atoms with Crippen LogP contribution in [0.25, 0.3) is 0 Å². The predicted molar refractivity (Wildman–Crippen MR) is 82.9 cm³/mol. The van der Waals surface area contributed by atoms with Crippen LogP contribution in [0.5, 0.6) is 0 Å². The zero-order valence-corrected chi connectivity index (χ0v) is 13.5. The summed E-state index contributed by atoms with van der Waals surface area (Å²) in [5, 5.41) is 3.41. The first-order chi connectivity index (χ1) is 9.16. The van der Waals surface area contributed by atoms with Gasteiger partial charge in [-0.25, -0.2) is 0 Å². The molecule has 1 N–H and O–H groups in total. The highest BCUT2D eigenvalue weighted by Gasteiger charge is 2.30. The summed E-state index contributed by atoms with van der Waals surface area (Å²) in [6.45, 7) is 7.37. The Bertz CT molecular complexity index is 468. The molecule has 2 atom stereocenters. The summed E-state index contributed by atoms with van der Waals surface area (Å²) in [6.07, 6.45) is 0.945. The minimum Gasteiger partial charge on any atom is -0.376 e. The lowest BCUT2D eigenvalue weighted by molar-refractivity contribution is 0.0607. The Labute approximate surface area is 129 Å². The maximum Gasteiger partial charge on any atom is 0.264 e. The van der Waals surface area contributed by atoms with Crippen molar-refractivity contribution >= 4 is 29.7 Å². The highest BCUT2D eigenvalue weighted by Crippen LogP contribution is 2.28. The van der Waals surface area contributed by atoms with Crippen molar-refractivity contribution in [3.8, 4) is 0 Å². The van der Waals surface area contributed by atoms with Crippen LogP contribution in [0.1, 0.15) is 34.0 Å². The van der Waals surface area contributed by atoms with Crippen LogP contribution in [0.3, 0.4) is 0 Å². The van der Waals surface area contributed by atoms with E-state index in [0.717, 1.165) is 31.0 Å². The van der Waals surface area contributed by atoms with Gasteiger partial charge in [0.1, 0.15) is 0 Å². The number of piperazine rings is 1. The molecule has 20 heavy (non-hydrogen) atoms. The standard InChI is InChI=1S/C14H20N2O2S.ClH/c1-9-10(2)16(5-4-15-9)14(17)13-7-11-8-18-6-3-12(11)19-13;/h7,9-10,15H,3-6,8H2,1-2H3;1H. The van der Waals surface area contributed by atoms with Crippen LogP contribution in [0.2, 0.25) is 0 Å². The monoisotopic (exact) mass is 316 g/mol. The quantitative estimate of drug-likeness (QED) is 0.862. The second-order valence-corrected chi connectivity index (χ2v) is 6.48. The Morgan fingerprint density at radius 3 is 3.05 bits per heavy atom. The van der Waals surface area contributed by atoms with Gasteiger partial charge in [0.15, 0.2) is 0 Å². The zero-order valence-electron chi connectivity index (χ0n) is 11.8. The number of hydrogen-bond donors (Lipinski definition) is 1. The number of thiophene rings is 1. The molecule has 0 saturated carbocycles. The first-order valence-electron chi connectivity index (χ1n) is 6.90. The van der Waals surface area contributed by atoms with E-state index in [1.165, 1.54) is 10.4 Å². The van der Waals surface area contributed by atoms with Gasteiger partial charge in [0.25, 0.3) is 5.91 Å². The van der Waals surface area contributed by atoms with Crippen LogP contribution < -0.4 is 5.32 Å². The van der Waals surface area contributed by atoms with E-state index in [-0.39, 0.29) is 24.4 Å². The fourth-order valence-corrected chi connectivity index (χ4v) is 3.84. The number of halogens is 1. The van der Waals surface area contributed by atoms with Gasteiger partial charge >= 0.3 is 0 Å². The number of carbonyl (C=O) groups excluding carboxylic acids is 1. The van der Waals surface area contributed by atoms with Crippen LogP contribution in [0.4, 0.5) is 0 Å². The molecule has 3 heterocycles. The van der Waals surface area contributed by atoms with Gasteiger partial charge in [0.2, 0.25) is 0 Å². The fourth-order valence-electron chi connectivity index (χ4n) is 2.74. The van der Waals surface area contributed by atoms with Gasteiger partial charge in [-0.1, -0.05) is 0 Å². The Hall–Kier alpha value is -0.620. The number of ether oxygens (including phenoxy) is 1. The Kier molecular flexibility index (Phi) is 5.07. The van der Waals surface area contributed by atoms with Crippen molar-refractivity contribution in [2.24, 2.45) is 0 Å². The van der Waals surface area contributed by atoms with Gasteiger partial charge in [-0.3, -0.25) is 4.79 Å². The van der Waals surface area contributed by atoms with Gasteiger partial charge in [0.05, 0.1) is 18.1 Å². The van der Waals surface area contributed by atoms with Gasteiger partial charge in [-0.05, 0) is 25.5 Å². The molecule has 0 bridgehead atoms. The summed E-state index contributed by atoms with van der Waals surface area (Å²) in [7, 11) is 0. The van der Waals surface area contributed by atoms with E-state index in [4.69, 9.17) is 4.74 Å². The molecule has 1 fully saturated rings. The molecule has 1 aromatic heterocycles. The van der Waals surface area contributed by atoms with Crippen LogP contribution in [-0.2, 0) is 17.8 Å². The van der Waals surface area contributed by atoms with Crippen LogP contribution in [-0.4, -0.2) is 42.6 Å². The molecule has 0 aliphatic carbocycles. The lowest BCUT2D eigenvalue weighted by Crippen LogP contribution is -2.57. The normalized spacial score (nSPS) is 25.8. The topological polar surface area (TPSA) is 41.6 Å². The Balaban J connectivity index is 0.00000147. The largest absolute Gasteiger partial charge is 0.376 e.